The maximum absolute atomic E-state index is 13.8. The molecule has 2 aliphatic carbocycles. The number of rotatable bonds is 2. The summed E-state index contributed by atoms with van der Waals surface area (Å²) in [5, 5.41) is 2.61. The normalized spacial score (nSPS) is 26.1. The Morgan fingerprint density at radius 3 is 2.13 bits per heavy atom. The van der Waals surface area contributed by atoms with Crippen molar-refractivity contribution in [2.75, 3.05) is 5.32 Å². The number of hydrogen-bond acceptors (Lipinski definition) is 3. The lowest BCUT2D eigenvalue weighted by Crippen LogP contribution is -2.48. The van der Waals surface area contributed by atoms with Crippen molar-refractivity contribution in [2.24, 2.45) is 5.41 Å². The first kappa shape index (κ1) is 20.0. The summed E-state index contributed by atoms with van der Waals surface area (Å²) < 4.78 is 40.5. The van der Waals surface area contributed by atoms with E-state index in [0.29, 0.717) is 24.1 Å². The second-order valence-corrected chi connectivity index (χ2v) is 9.27. The van der Waals surface area contributed by atoms with Crippen LogP contribution in [-0.2, 0) is 21.8 Å². The minimum absolute atomic E-state index is 0.235. The standard InChI is InChI=1S/C24H22F3N3O/c1-21(2)22(3)12-13-23(21,19-18(22)28-16-10-6-7-11-17(16)29-19)20(31)30-15-9-5-4-8-14(15)24(25,26)27/h4-11H,12-13H2,1-3H3,(H,30,31)/t22-,23+/m0/s1. The van der Waals surface area contributed by atoms with Crippen molar-refractivity contribution in [3.8, 4) is 0 Å². The first-order valence-electron chi connectivity index (χ1n) is 10.3. The minimum Gasteiger partial charge on any atom is -0.325 e. The van der Waals surface area contributed by atoms with E-state index < -0.39 is 33.9 Å². The molecule has 7 heteroatoms. The fourth-order valence-electron chi connectivity index (χ4n) is 5.62. The number of alkyl halides is 3. The molecule has 2 aromatic carbocycles. The number of amides is 1. The molecule has 2 aliphatic rings. The lowest BCUT2D eigenvalue weighted by atomic mass is 9.63. The maximum atomic E-state index is 13.8. The predicted molar refractivity (Wildman–Crippen MR) is 112 cm³/mol. The molecule has 4 nitrogen and oxygen atoms in total. The van der Waals surface area contributed by atoms with E-state index in [0.717, 1.165) is 17.3 Å². The molecule has 0 aliphatic heterocycles. The molecule has 0 unspecified atom stereocenters. The van der Waals surface area contributed by atoms with Gasteiger partial charge in [-0.1, -0.05) is 45.0 Å². The molecule has 2 atom stereocenters. The summed E-state index contributed by atoms with van der Waals surface area (Å²) in [6, 6.07) is 12.5. The van der Waals surface area contributed by atoms with Crippen LogP contribution in [0, 0.1) is 5.41 Å². The van der Waals surface area contributed by atoms with Gasteiger partial charge >= 0.3 is 6.18 Å². The van der Waals surface area contributed by atoms with Gasteiger partial charge in [0.25, 0.3) is 0 Å². The predicted octanol–water partition coefficient (Wildman–Crippen LogP) is 5.62. The first-order chi connectivity index (χ1) is 14.5. The number of halogens is 3. The van der Waals surface area contributed by atoms with E-state index >= 15 is 0 Å². The summed E-state index contributed by atoms with van der Waals surface area (Å²) in [5.74, 6) is -0.457. The molecule has 2 bridgehead atoms. The highest BCUT2D eigenvalue weighted by Crippen LogP contribution is 2.70. The van der Waals surface area contributed by atoms with Crippen molar-refractivity contribution in [3.05, 3.63) is 65.5 Å². The first-order valence-corrected chi connectivity index (χ1v) is 10.3. The van der Waals surface area contributed by atoms with Crippen molar-refractivity contribution in [3.63, 3.8) is 0 Å². The van der Waals surface area contributed by atoms with Crippen LogP contribution in [0.2, 0.25) is 0 Å². The third kappa shape index (κ3) is 2.40. The van der Waals surface area contributed by atoms with Crippen molar-refractivity contribution in [2.45, 2.75) is 50.6 Å². The quantitative estimate of drug-likeness (QED) is 0.580. The SMILES string of the molecule is CC1(C)[C@@]2(C)CC[C@]1(C(=O)Nc1ccccc1C(F)(F)F)c1nc3ccccc3nc12. The Bertz CT molecular complexity index is 1240. The van der Waals surface area contributed by atoms with Crippen LogP contribution in [0.15, 0.2) is 48.5 Å². The Morgan fingerprint density at radius 1 is 0.903 bits per heavy atom. The lowest BCUT2D eigenvalue weighted by Gasteiger charge is -2.39. The van der Waals surface area contributed by atoms with Crippen LogP contribution in [0.4, 0.5) is 18.9 Å². The molecule has 1 N–H and O–H groups in total. The van der Waals surface area contributed by atoms with Crippen molar-refractivity contribution < 1.29 is 18.0 Å². The number of nitrogens with one attached hydrogen (secondary N) is 1. The monoisotopic (exact) mass is 425 g/mol. The third-order valence-electron chi connectivity index (χ3n) is 7.81. The molecule has 1 fully saturated rings. The highest BCUT2D eigenvalue weighted by molar-refractivity contribution is 6.02. The van der Waals surface area contributed by atoms with Crippen LogP contribution >= 0.6 is 0 Å². The zero-order valence-corrected chi connectivity index (χ0v) is 17.5. The fraction of sp³-hybridized carbons (Fsp3) is 0.375. The van der Waals surface area contributed by atoms with E-state index in [1.807, 2.05) is 38.1 Å². The van der Waals surface area contributed by atoms with Gasteiger partial charge in [-0.05, 0) is 42.5 Å². The van der Waals surface area contributed by atoms with Crippen LogP contribution in [0.3, 0.4) is 0 Å². The van der Waals surface area contributed by atoms with Crippen LogP contribution in [0.25, 0.3) is 11.0 Å². The number of para-hydroxylation sites is 3. The van der Waals surface area contributed by atoms with Gasteiger partial charge in [0.1, 0.15) is 0 Å². The van der Waals surface area contributed by atoms with Gasteiger partial charge in [0.05, 0.1) is 39.1 Å². The summed E-state index contributed by atoms with van der Waals surface area (Å²) in [5.41, 5.74) is -0.333. The summed E-state index contributed by atoms with van der Waals surface area (Å²) in [7, 11) is 0. The van der Waals surface area contributed by atoms with Gasteiger partial charge in [0, 0.05) is 5.41 Å². The molecule has 1 saturated carbocycles. The number of aromatic nitrogens is 2. The van der Waals surface area contributed by atoms with Crippen molar-refractivity contribution in [1.29, 1.82) is 0 Å². The molecule has 1 amide bonds. The zero-order chi connectivity index (χ0) is 22.2. The zero-order valence-electron chi connectivity index (χ0n) is 17.5. The van der Waals surface area contributed by atoms with Gasteiger partial charge in [-0.2, -0.15) is 13.2 Å². The fourth-order valence-corrected chi connectivity index (χ4v) is 5.62. The average Bonchev–Trinajstić information content (AvgIpc) is 3.01. The summed E-state index contributed by atoms with van der Waals surface area (Å²) in [6.45, 7) is 6.09. The highest BCUT2D eigenvalue weighted by atomic mass is 19.4. The summed E-state index contributed by atoms with van der Waals surface area (Å²) in [4.78, 5) is 23.5. The number of carbonyl (C=O) groups is 1. The molecule has 5 rings (SSSR count). The molecular weight excluding hydrogens is 403 g/mol. The second-order valence-electron chi connectivity index (χ2n) is 9.27. The van der Waals surface area contributed by atoms with Crippen LogP contribution < -0.4 is 5.32 Å². The number of nitrogens with zero attached hydrogens (tertiary/aromatic N) is 2. The summed E-state index contributed by atoms with van der Waals surface area (Å²) >= 11 is 0. The van der Waals surface area contributed by atoms with Crippen LogP contribution in [0.1, 0.15) is 50.6 Å². The molecule has 1 heterocycles. The van der Waals surface area contributed by atoms with Gasteiger partial charge in [0.15, 0.2) is 0 Å². The van der Waals surface area contributed by atoms with Gasteiger partial charge < -0.3 is 5.32 Å². The van der Waals surface area contributed by atoms with E-state index in [1.165, 1.54) is 18.2 Å². The van der Waals surface area contributed by atoms with Crippen LogP contribution in [-0.4, -0.2) is 15.9 Å². The third-order valence-corrected chi connectivity index (χ3v) is 7.81. The Hall–Kier alpha value is -2.96. The number of benzene rings is 2. The largest absolute Gasteiger partial charge is 0.418 e. The molecule has 160 valence electrons. The molecular formula is C24H22F3N3O. The number of carbonyl (C=O) groups excluding carboxylic acids is 1. The smallest absolute Gasteiger partial charge is 0.325 e. The molecule has 1 aromatic heterocycles. The maximum Gasteiger partial charge on any atom is 0.418 e. The van der Waals surface area contributed by atoms with Gasteiger partial charge in [-0.15, -0.1) is 0 Å². The van der Waals surface area contributed by atoms with E-state index in [4.69, 9.17) is 9.97 Å². The Balaban J connectivity index is 1.68. The Labute approximate surface area is 177 Å². The second kappa shape index (κ2) is 6.05. The molecule has 3 aromatic rings. The average molecular weight is 425 g/mol. The number of hydrogen-bond donors (Lipinski definition) is 1. The highest BCUT2D eigenvalue weighted by Gasteiger charge is 2.73. The number of fused-ring (bicyclic) bond motifs is 6. The number of anilines is 1. The van der Waals surface area contributed by atoms with E-state index in [-0.39, 0.29) is 5.69 Å². The van der Waals surface area contributed by atoms with Gasteiger partial charge in [-0.3, -0.25) is 4.79 Å². The lowest BCUT2D eigenvalue weighted by molar-refractivity contribution is -0.137. The topological polar surface area (TPSA) is 54.9 Å². The molecule has 31 heavy (non-hydrogen) atoms. The summed E-state index contributed by atoms with van der Waals surface area (Å²) in [6.07, 6.45) is -3.34. The Morgan fingerprint density at radius 2 is 1.48 bits per heavy atom. The van der Waals surface area contributed by atoms with E-state index in [1.54, 1.807) is 0 Å². The molecule has 0 radical (unpaired) electrons. The van der Waals surface area contributed by atoms with Gasteiger partial charge in [0.2, 0.25) is 5.91 Å². The van der Waals surface area contributed by atoms with Crippen LogP contribution in [0.5, 0.6) is 0 Å². The molecule has 0 spiro atoms. The minimum atomic E-state index is -4.56. The molecule has 0 saturated heterocycles. The van der Waals surface area contributed by atoms with E-state index in [9.17, 15) is 18.0 Å². The van der Waals surface area contributed by atoms with Crippen molar-refractivity contribution in [1.82, 2.24) is 9.97 Å². The van der Waals surface area contributed by atoms with Crippen molar-refractivity contribution >= 4 is 22.6 Å². The van der Waals surface area contributed by atoms with Gasteiger partial charge in [-0.25, -0.2) is 9.97 Å². The Kier molecular flexibility index (Phi) is 3.90. The van der Waals surface area contributed by atoms with E-state index in [2.05, 4.69) is 12.2 Å².